The maximum Gasteiger partial charge on any atom is 0.191 e. The van der Waals surface area contributed by atoms with E-state index in [0.717, 1.165) is 56.8 Å². The summed E-state index contributed by atoms with van der Waals surface area (Å²) >= 11 is 0. The van der Waals surface area contributed by atoms with E-state index in [-0.39, 0.29) is 11.2 Å². The predicted molar refractivity (Wildman–Crippen MR) is 116 cm³/mol. The number of nitrogens with zero attached hydrogens (tertiary/aromatic N) is 1. The molecule has 0 radical (unpaired) electrons. The molecule has 0 aromatic heterocycles. The van der Waals surface area contributed by atoms with Gasteiger partial charge in [-0.15, -0.1) is 0 Å². The summed E-state index contributed by atoms with van der Waals surface area (Å²) in [5, 5.41) is 7.27. The van der Waals surface area contributed by atoms with Gasteiger partial charge in [-0.25, -0.2) is 4.39 Å². The van der Waals surface area contributed by atoms with Crippen LogP contribution in [0.4, 0.5) is 4.39 Å². The molecule has 4 nitrogen and oxygen atoms in total. The van der Waals surface area contributed by atoms with Crippen molar-refractivity contribution in [2.24, 2.45) is 4.99 Å². The van der Waals surface area contributed by atoms with Crippen LogP contribution >= 0.6 is 0 Å². The number of guanidine groups is 1. The SMILES string of the molecule is CCNC(=NCC1(c2ccc(F)cc2)CCC1)NC1CCCC(S(=O)CC)C1. The van der Waals surface area contributed by atoms with Crippen LogP contribution in [0.3, 0.4) is 0 Å². The molecular formula is C22H34FN3OS. The third-order valence-electron chi connectivity index (χ3n) is 6.27. The second-order valence-corrected chi connectivity index (χ2v) is 10.1. The number of aliphatic imine (C=N–C) groups is 1. The van der Waals surface area contributed by atoms with Crippen LogP contribution < -0.4 is 10.6 Å². The van der Waals surface area contributed by atoms with Gasteiger partial charge in [-0.3, -0.25) is 9.20 Å². The highest BCUT2D eigenvalue weighted by Crippen LogP contribution is 2.44. The van der Waals surface area contributed by atoms with E-state index < -0.39 is 10.8 Å². The van der Waals surface area contributed by atoms with Crippen LogP contribution in [-0.2, 0) is 16.2 Å². The molecule has 1 aromatic rings. The maximum absolute atomic E-state index is 13.3. The predicted octanol–water partition coefficient (Wildman–Crippen LogP) is 3.88. The third-order valence-corrected chi connectivity index (χ3v) is 8.02. The summed E-state index contributed by atoms with van der Waals surface area (Å²) in [6.45, 7) is 5.61. The Hall–Kier alpha value is -1.43. The highest BCUT2D eigenvalue weighted by atomic mass is 32.2. The molecule has 2 fully saturated rings. The van der Waals surface area contributed by atoms with Crippen molar-refractivity contribution >= 4 is 16.8 Å². The molecule has 0 amide bonds. The fourth-order valence-corrected chi connectivity index (χ4v) is 5.79. The number of hydrogen-bond donors (Lipinski definition) is 2. The summed E-state index contributed by atoms with van der Waals surface area (Å²) < 4.78 is 25.5. The van der Waals surface area contributed by atoms with E-state index in [4.69, 9.17) is 4.99 Å². The van der Waals surface area contributed by atoms with E-state index in [1.54, 1.807) is 12.1 Å². The first-order valence-corrected chi connectivity index (χ1v) is 12.1. The lowest BCUT2D eigenvalue weighted by atomic mass is 9.64. The van der Waals surface area contributed by atoms with Crippen LogP contribution in [0.25, 0.3) is 0 Å². The Balaban J connectivity index is 1.66. The molecule has 2 aliphatic rings. The van der Waals surface area contributed by atoms with Gasteiger partial charge in [0.15, 0.2) is 5.96 Å². The molecule has 6 heteroatoms. The van der Waals surface area contributed by atoms with Gasteiger partial charge in [0.25, 0.3) is 0 Å². The molecule has 0 bridgehead atoms. The number of halogens is 1. The molecule has 2 aliphatic carbocycles. The highest BCUT2D eigenvalue weighted by molar-refractivity contribution is 7.85. The standard InChI is InChI=1S/C22H34FN3OS/c1-3-24-21(26-19-7-5-8-20(15-19)28(27)4-2)25-16-22(13-6-14-22)17-9-11-18(23)12-10-17/h9-12,19-20H,3-8,13-16H2,1-2H3,(H2,24,25,26). The fraction of sp³-hybridized carbons (Fsp3) is 0.682. The average molecular weight is 408 g/mol. The zero-order valence-electron chi connectivity index (χ0n) is 17.2. The van der Waals surface area contributed by atoms with E-state index in [1.807, 2.05) is 19.1 Å². The van der Waals surface area contributed by atoms with Crippen LogP contribution in [-0.4, -0.2) is 40.3 Å². The highest BCUT2D eigenvalue weighted by Gasteiger charge is 2.38. The Morgan fingerprint density at radius 1 is 1.21 bits per heavy atom. The Morgan fingerprint density at radius 3 is 2.57 bits per heavy atom. The molecule has 1 aromatic carbocycles. The second-order valence-electron chi connectivity index (χ2n) is 8.14. The van der Waals surface area contributed by atoms with Crippen molar-refractivity contribution < 1.29 is 8.60 Å². The zero-order valence-corrected chi connectivity index (χ0v) is 18.0. The van der Waals surface area contributed by atoms with E-state index >= 15 is 0 Å². The first kappa shape index (κ1) is 21.3. The van der Waals surface area contributed by atoms with Crippen LogP contribution in [0, 0.1) is 5.82 Å². The minimum Gasteiger partial charge on any atom is -0.357 e. The van der Waals surface area contributed by atoms with E-state index in [2.05, 4.69) is 17.6 Å². The minimum atomic E-state index is -0.721. The first-order chi connectivity index (χ1) is 13.6. The van der Waals surface area contributed by atoms with Crippen LogP contribution in [0.5, 0.6) is 0 Å². The number of rotatable bonds is 7. The van der Waals surface area contributed by atoms with Gasteiger partial charge in [0.1, 0.15) is 5.82 Å². The van der Waals surface area contributed by atoms with Crippen LogP contribution in [0.15, 0.2) is 29.3 Å². The van der Waals surface area contributed by atoms with Crippen LogP contribution in [0.2, 0.25) is 0 Å². The summed E-state index contributed by atoms with van der Waals surface area (Å²) in [5.74, 6) is 1.41. The summed E-state index contributed by atoms with van der Waals surface area (Å²) in [4.78, 5) is 4.92. The number of hydrogen-bond acceptors (Lipinski definition) is 2. The topological polar surface area (TPSA) is 53.5 Å². The van der Waals surface area contributed by atoms with Crippen molar-refractivity contribution in [3.05, 3.63) is 35.6 Å². The molecular weight excluding hydrogens is 373 g/mol. The maximum atomic E-state index is 13.3. The van der Waals surface area contributed by atoms with Gasteiger partial charge in [0.05, 0.1) is 6.54 Å². The number of benzene rings is 1. The third kappa shape index (κ3) is 5.13. The molecule has 28 heavy (non-hydrogen) atoms. The van der Waals surface area contributed by atoms with Crippen molar-refractivity contribution in [3.63, 3.8) is 0 Å². The van der Waals surface area contributed by atoms with E-state index in [1.165, 1.54) is 12.0 Å². The lowest BCUT2D eigenvalue weighted by molar-refractivity contribution is 0.253. The van der Waals surface area contributed by atoms with Gasteiger partial charge >= 0.3 is 0 Å². The fourth-order valence-electron chi connectivity index (χ4n) is 4.44. The summed E-state index contributed by atoms with van der Waals surface area (Å²) in [5.41, 5.74) is 1.23. The van der Waals surface area contributed by atoms with Crippen LogP contribution in [0.1, 0.15) is 64.4 Å². The molecule has 2 saturated carbocycles. The molecule has 0 aliphatic heterocycles. The Labute approximate surface area is 171 Å². The molecule has 3 unspecified atom stereocenters. The van der Waals surface area contributed by atoms with Crippen molar-refractivity contribution in [3.8, 4) is 0 Å². The normalized spacial score (nSPS) is 25.6. The lowest BCUT2D eigenvalue weighted by Gasteiger charge is -2.41. The molecule has 0 saturated heterocycles. The van der Waals surface area contributed by atoms with Gasteiger partial charge < -0.3 is 10.6 Å². The second kappa shape index (κ2) is 9.86. The van der Waals surface area contributed by atoms with E-state index in [0.29, 0.717) is 17.8 Å². The minimum absolute atomic E-state index is 0.0366. The van der Waals surface area contributed by atoms with Gasteiger partial charge in [-0.1, -0.05) is 31.9 Å². The Bertz CT molecular complexity index is 688. The monoisotopic (exact) mass is 407 g/mol. The quantitative estimate of drug-likeness (QED) is 0.533. The average Bonchev–Trinajstić information content (AvgIpc) is 2.68. The molecule has 156 valence electrons. The van der Waals surface area contributed by atoms with Crippen molar-refractivity contribution in [2.75, 3.05) is 18.8 Å². The van der Waals surface area contributed by atoms with Crippen molar-refractivity contribution in [1.29, 1.82) is 0 Å². The Morgan fingerprint density at radius 2 is 1.96 bits per heavy atom. The lowest BCUT2D eigenvalue weighted by Crippen LogP contribution is -2.47. The molecule has 0 spiro atoms. The van der Waals surface area contributed by atoms with Gasteiger partial charge in [0.2, 0.25) is 0 Å². The summed E-state index contributed by atoms with van der Waals surface area (Å²) in [6, 6.07) is 7.26. The largest absolute Gasteiger partial charge is 0.357 e. The van der Waals surface area contributed by atoms with Crippen molar-refractivity contribution in [1.82, 2.24) is 10.6 Å². The number of nitrogens with one attached hydrogen (secondary N) is 2. The first-order valence-electron chi connectivity index (χ1n) is 10.7. The van der Waals surface area contributed by atoms with Gasteiger partial charge in [-0.2, -0.15) is 0 Å². The molecule has 0 heterocycles. The molecule has 3 atom stereocenters. The zero-order chi connectivity index (χ0) is 20.0. The van der Waals surface area contributed by atoms with Crippen molar-refractivity contribution in [2.45, 2.75) is 75.5 Å². The smallest absolute Gasteiger partial charge is 0.191 e. The summed E-state index contributed by atoms with van der Waals surface area (Å²) in [7, 11) is -0.721. The summed E-state index contributed by atoms with van der Waals surface area (Å²) in [6.07, 6.45) is 7.64. The van der Waals surface area contributed by atoms with Gasteiger partial charge in [-0.05, 0) is 56.7 Å². The van der Waals surface area contributed by atoms with Gasteiger partial charge in [0, 0.05) is 39.8 Å². The molecule has 2 N–H and O–H groups in total. The van der Waals surface area contributed by atoms with E-state index in [9.17, 15) is 8.60 Å². The molecule has 3 rings (SSSR count). The Kier molecular flexibility index (Phi) is 7.49.